The average Bonchev–Trinajstić information content (AvgIpc) is 3.31. The molecular weight excluding hydrogens is 545 g/mol. The molecule has 1 aromatic heterocycles. The van der Waals surface area contributed by atoms with Gasteiger partial charge in [0.2, 0.25) is 0 Å². The quantitative estimate of drug-likeness (QED) is 0.407. The van der Waals surface area contributed by atoms with Crippen molar-refractivity contribution in [3.63, 3.8) is 0 Å². The lowest BCUT2D eigenvalue weighted by atomic mass is 9.51. The number of carbonyl (C=O) groups is 4. The number of amides is 1. The summed E-state index contributed by atoms with van der Waals surface area (Å²) < 4.78 is 12.0. The number of pyridine rings is 1. The van der Waals surface area contributed by atoms with E-state index >= 15 is 0 Å². The molecule has 0 spiro atoms. The molecule has 4 heterocycles. The lowest BCUT2D eigenvalue weighted by Gasteiger charge is -2.51. The normalized spacial score (nSPS) is 28.8. The number of carbonyl (C=O) groups excluding carboxylic acids is 4. The van der Waals surface area contributed by atoms with Gasteiger partial charge in [-0.05, 0) is 37.2 Å². The summed E-state index contributed by atoms with van der Waals surface area (Å²) in [4.78, 5) is 57.6. The fraction of sp³-hybridized carbons (Fsp3) is 0.483. The van der Waals surface area contributed by atoms with Gasteiger partial charge in [0.25, 0.3) is 5.91 Å². The summed E-state index contributed by atoms with van der Waals surface area (Å²) in [6.07, 6.45) is -0.900. The van der Waals surface area contributed by atoms with Crippen LogP contribution < -0.4 is 5.32 Å². The van der Waals surface area contributed by atoms with E-state index in [1.807, 2.05) is 51.2 Å². The second kappa shape index (κ2) is 11.2. The maximum absolute atomic E-state index is 13.8. The topological polar surface area (TPSA) is 132 Å². The van der Waals surface area contributed by atoms with Gasteiger partial charge in [-0.1, -0.05) is 56.7 Å². The van der Waals surface area contributed by atoms with E-state index in [2.05, 4.69) is 10.3 Å². The van der Waals surface area contributed by atoms with Crippen molar-refractivity contribution in [1.29, 1.82) is 0 Å². The first kappa shape index (κ1) is 29.3. The van der Waals surface area contributed by atoms with Crippen molar-refractivity contribution in [2.75, 3.05) is 18.6 Å². The van der Waals surface area contributed by atoms with Crippen molar-refractivity contribution in [2.45, 2.75) is 63.7 Å². The maximum Gasteiger partial charge on any atom is 0.587 e. The van der Waals surface area contributed by atoms with E-state index in [0.717, 1.165) is 5.56 Å². The highest BCUT2D eigenvalue weighted by atomic mass is 32.2. The Kier molecular flexibility index (Phi) is 8.02. The minimum atomic E-state index is -2.53. The number of rotatable bonds is 10. The predicted octanol–water partition coefficient (Wildman–Crippen LogP) is 2.59. The van der Waals surface area contributed by atoms with Gasteiger partial charge in [0, 0.05) is 12.6 Å². The SMILES string of the molecule is CC(C)C[C@H](CC(=O)[C@@H](NC(=O)c1cccc(-c2ccccc2)n1)[C@@H](C)O)[B-]12OC(=O)[C@@H]3CSC[C@@H](C(=O)O1)[N+]32C. The third kappa shape index (κ3) is 5.06. The minimum Gasteiger partial charge on any atom is -0.600 e. The first-order valence-corrected chi connectivity index (χ1v) is 15.2. The maximum atomic E-state index is 13.8. The van der Waals surface area contributed by atoms with E-state index in [1.54, 1.807) is 18.2 Å². The van der Waals surface area contributed by atoms with Gasteiger partial charge in [0.15, 0.2) is 17.9 Å². The number of benzene rings is 1. The molecule has 5 atom stereocenters. The molecule has 218 valence electrons. The lowest BCUT2D eigenvalue weighted by Crippen LogP contribution is -2.71. The molecular formula is C29H36BN3O7S. The van der Waals surface area contributed by atoms with Gasteiger partial charge in [-0.3, -0.25) is 9.59 Å². The van der Waals surface area contributed by atoms with Gasteiger partial charge >= 0.3 is 18.6 Å². The second-order valence-electron chi connectivity index (χ2n) is 11.9. The molecule has 2 aromatic rings. The highest BCUT2D eigenvalue weighted by Crippen LogP contribution is 2.53. The number of aliphatic hydroxyl groups is 1. The van der Waals surface area contributed by atoms with Crippen LogP contribution in [0.3, 0.4) is 0 Å². The molecule has 0 unspecified atom stereocenters. The van der Waals surface area contributed by atoms with E-state index in [-0.39, 0.29) is 22.4 Å². The van der Waals surface area contributed by atoms with Gasteiger partial charge in [-0.15, -0.1) is 11.8 Å². The monoisotopic (exact) mass is 581 g/mol. The fourth-order valence-corrected chi connectivity index (χ4v) is 8.22. The number of Topliss-reactive ketones (excluding diaryl/α,β-unsaturated/α-hetero) is 1. The average molecular weight is 582 g/mol. The molecule has 0 radical (unpaired) electrons. The Morgan fingerprint density at radius 3 is 2.27 bits per heavy atom. The molecule has 41 heavy (non-hydrogen) atoms. The largest absolute Gasteiger partial charge is 0.600 e. The number of ketones is 1. The van der Waals surface area contributed by atoms with Crippen LogP contribution in [0, 0.1) is 5.92 Å². The second-order valence-corrected chi connectivity index (χ2v) is 13.0. The molecule has 1 aromatic carbocycles. The Morgan fingerprint density at radius 2 is 1.68 bits per heavy atom. The highest BCUT2D eigenvalue weighted by molar-refractivity contribution is 7.99. The standard InChI is InChI=1S/C29H36BN3O7S/c1-17(2)13-20(30-33(4)23(28(37)39-30)15-41-16-24(33)29(38)40-30)14-25(35)26(18(3)34)32-27(36)22-12-8-11-21(31-22)19-9-6-5-7-10-19/h5-12,17-18,20,23-24,26,34H,13-16H2,1-4H3,(H,32,36)/t18-,20-,23+,24+,26+,30?,33?/m1/s1. The number of likely N-dealkylation sites (N-methyl/N-ethyl adjacent to an activating group) is 1. The van der Waals surface area contributed by atoms with Crippen LogP contribution in [-0.4, -0.2) is 87.6 Å². The predicted molar refractivity (Wildman–Crippen MR) is 154 cm³/mol. The molecule has 0 aliphatic carbocycles. The van der Waals surface area contributed by atoms with Gasteiger partial charge in [-0.2, -0.15) is 0 Å². The van der Waals surface area contributed by atoms with Gasteiger partial charge in [0.05, 0.1) is 23.3 Å². The minimum absolute atomic E-state index is 0.0250. The third-order valence-electron chi connectivity index (χ3n) is 8.78. The molecule has 12 heteroatoms. The molecule has 3 aliphatic heterocycles. The number of hydrogen-bond donors (Lipinski definition) is 2. The Labute approximate surface area is 243 Å². The number of quaternary nitrogens is 1. The molecule has 5 rings (SSSR count). The summed E-state index contributed by atoms with van der Waals surface area (Å²) in [7, 11) is 1.84. The molecule has 3 saturated heterocycles. The molecule has 2 N–H and O–H groups in total. The van der Waals surface area contributed by atoms with Crippen LogP contribution in [-0.2, 0) is 23.7 Å². The van der Waals surface area contributed by atoms with Crippen LogP contribution in [0.5, 0.6) is 0 Å². The number of aromatic nitrogens is 1. The summed E-state index contributed by atoms with van der Waals surface area (Å²) in [6.45, 7) is 2.87. The smallest absolute Gasteiger partial charge is 0.587 e. The number of nitrogens with one attached hydrogen (secondary N) is 1. The first-order valence-electron chi connectivity index (χ1n) is 14.1. The van der Waals surface area contributed by atoms with E-state index in [9.17, 15) is 24.3 Å². The van der Waals surface area contributed by atoms with Crippen LogP contribution in [0.4, 0.5) is 0 Å². The zero-order valence-corrected chi connectivity index (χ0v) is 24.5. The van der Waals surface area contributed by atoms with Crippen molar-refractivity contribution >= 4 is 42.1 Å². The van der Waals surface area contributed by atoms with Crippen molar-refractivity contribution in [3.05, 3.63) is 54.2 Å². The van der Waals surface area contributed by atoms with Crippen molar-refractivity contribution in [2.24, 2.45) is 5.92 Å². The van der Waals surface area contributed by atoms with E-state index in [4.69, 9.17) is 9.31 Å². The molecule has 3 fully saturated rings. The molecule has 3 aliphatic rings. The number of aliphatic hydroxyl groups excluding tert-OH is 1. The van der Waals surface area contributed by atoms with Gasteiger partial charge < -0.3 is 24.1 Å². The first-order chi connectivity index (χ1) is 19.5. The Morgan fingerprint density at radius 1 is 1.05 bits per heavy atom. The Hall–Kier alpha value is -3.22. The summed E-state index contributed by atoms with van der Waals surface area (Å²) in [5.74, 6) is -1.37. The number of nitrogens with zero attached hydrogens (tertiary/aromatic N) is 2. The molecule has 0 bridgehead atoms. The summed E-state index contributed by atoms with van der Waals surface area (Å²) in [5, 5.41) is 13.3. The van der Waals surface area contributed by atoms with Crippen LogP contribution >= 0.6 is 11.8 Å². The molecule has 0 saturated carbocycles. The van der Waals surface area contributed by atoms with E-state index in [1.165, 1.54) is 18.7 Å². The number of thioether (sulfide) groups is 1. The third-order valence-corrected chi connectivity index (χ3v) is 9.89. The lowest BCUT2D eigenvalue weighted by molar-refractivity contribution is -0.840. The van der Waals surface area contributed by atoms with Crippen LogP contribution in [0.15, 0.2) is 48.5 Å². The molecule has 1 amide bonds. The Balaban J connectivity index is 1.40. The zero-order chi connectivity index (χ0) is 29.5. The van der Waals surface area contributed by atoms with Gasteiger partial charge in [0.1, 0.15) is 11.7 Å². The van der Waals surface area contributed by atoms with Crippen molar-refractivity contribution < 1.29 is 38.0 Å². The summed E-state index contributed by atoms with van der Waals surface area (Å²) >= 11 is 1.53. The Bertz CT molecular complexity index is 1330. The molecule has 10 nitrogen and oxygen atoms in total. The number of hydrogen-bond acceptors (Lipinski definition) is 9. The van der Waals surface area contributed by atoms with Crippen molar-refractivity contribution in [1.82, 2.24) is 10.3 Å². The fourth-order valence-electron chi connectivity index (χ4n) is 6.72. The summed E-state index contributed by atoms with van der Waals surface area (Å²) in [6, 6.07) is 12.1. The van der Waals surface area contributed by atoms with Crippen LogP contribution in [0.25, 0.3) is 11.3 Å². The van der Waals surface area contributed by atoms with Crippen molar-refractivity contribution in [3.8, 4) is 11.3 Å². The zero-order valence-electron chi connectivity index (χ0n) is 23.7. The van der Waals surface area contributed by atoms with Gasteiger partial charge in [-0.25, -0.2) is 14.6 Å². The van der Waals surface area contributed by atoms with E-state index in [0.29, 0.717) is 23.6 Å². The van der Waals surface area contributed by atoms with E-state index < -0.39 is 60.4 Å². The van der Waals surface area contributed by atoms with Crippen LogP contribution in [0.2, 0.25) is 5.82 Å². The highest BCUT2D eigenvalue weighted by Gasteiger charge is 2.76. The summed E-state index contributed by atoms with van der Waals surface area (Å²) in [5.41, 5.74) is 1.55. The van der Waals surface area contributed by atoms with Crippen LogP contribution in [0.1, 0.15) is 44.1 Å².